The largest absolute Gasteiger partial charge is 0.284 e. The number of hydrogen-bond donors (Lipinski definition) is 0. The van der Waals surface area contributed by atoms with E-state index in [0.717, 1.165) is 28.1 Å². The number of aromatic nitrogens is 3. The summed E-state index contributed by atoms with van der Waals surface area (Å²) in [4.78, 5) is 9.64. The number of benzene rings is 1. The summed E-state index contributed by atoms with van der Waals surface area (Å²) in [6.07, 6.45) is 1.93. The van der Waals surface area contributed by atoms with Crippen LogP contribution in [0, 0.1) is 6.92 Å². The Kier molecular flexibility index (Phi) is 27.1. The Balaban J connectivity index is 0.000000328. The maximum Gasteiger partial charge on any atom is 0.147 e. The van der Waals surface area contributed by atoms with Crippen LogP contribution < -0.4 is 0 Å². The first kappa shape index (κ1) is 46.8. The second kappa shape index (κ2) is 27.2. The van der Waals surface area contributed by atoms with Crippen molar-refractivity contribution in [2.24, 2.45) is 0 Å². The zero-order valence-electron chi connectivity index (χ0n) is 24.9. The van der Waals surface area contributed by atoms with E-state index in [9.17, 15) is 0 Å². The molecule has 3 aromatic rings. The lowest BCUT2D eigenvalue weighted by Crippen LogP contribution is -2.20. The third kappa shape index (κ3) is 19.7. The highest BCUT2D eigenvalue weighted by molar-refractivity contribution is 8.79. The second-order valence-electron chi connectivity index (χ2n) is 9.79. The van der Waals surface area contributed by atoms with Gasteiger partial charge in [-0.05, 0) is 30.0 Å². The van der Waals surface area contributed by atoms with E-state index in [1.165, 1.54) is 23.3 Å². The van der Waals surface area contributed by atoms with Gasteiger partial charge in [-0.25, -0.2) is 9.97 Å². The van der Waals surface area contributed by atoms with E-state index in [0.29, 0.717) is 0 Å². The monoisotopic (exact) mass is 1090 g/mol. The van der Waals surface area contributed by atoms with Crippen LogP contribution in [0.2, 0.25) is 0 Å². The molecular weight excluding hydrogens is 1070 g/mol. The molecule has 0 N–H and O–H groups in total. The molecule has 0 aliphatic rings. The van der Waals surface area contributed by atoms with Gasteiger partial charge in [-0.2, -0.15) is 0 Å². The van der Waals surface area contributed by atoms with Crippen LogP contribution >= 0.6 is 0 Å². The van der Waals surface area contributed by atoms with Gasteiger partial charge < -0.3 is 0 Å². The van der Waals surface area contributed by atoms with Gasteiger partial charge in [-0.3, -0.25) is 4.40 Å². The molecule has 3 nitrogen and oxygen atoms in total. The van der Waals surface area contributed by atoms with Crippen molar-refractivity contribution < 1.29 is 0 Å². The number of nitrogens with zero attached hydrogens (tertiary/aromatic N) is 3. The Morgan fingerprint density at radius 3 is 1.28 bits per heavy atom. The quantitative estimate of drug-likeness (QED) is 0.327. The van der Waals surface area contributed by atoms with Crippen LogP contribution in [0.1, 0.15) is 58.6 Å². The zero-order valence-corrected chi connectivity index (χ0v) is 45.3. The van der Waals surface area contributed by atoms with Crippen molar-refractivity contribution in [1.29, 1.82) is 0 Å². The number of hydrogen-bond acceptors (Lipinski definition) is 4. The molecular formula is C19H25N3S25. The molecule has 2 aromatic heterocycles. The van der Waals surface area contributed by atoms with Crippen LogP contribution in [0.25, 0.3) is 16.6 Å². The van der Waals surface area contributed by atoms with Crippen molar-refractivity contribution in [2.75, 3.05) is 0 Å². The van der Waals surface area contributed by atoms with Gasteiger partial charge in [0.05, 0.1) is 5.52 Å². The van der Waals surface area contributed by atoms with Gasteiger partial charge in [0.25, 0.3) is 0 Å². The molecule has 28 heteroatoms. The molecule has 0 unspecified atom stereocenters. The Hall–Kier alpha value is 3.60. The molecule has 0 radical (unpaired) electrons. The normalized spacial score (nSPS) is 10.2. The summed E-state index contributed by atoms with van der Waals surface area (Å²) in [5.74, 6) is 1.07. The van der Waals surface area contributed by atoms with Crippen molar-refractivity contribution in [3.8, 4) is 0 Å². The predicted octanol–water partition coefficient (Wildman–Crippen LogP) is 4.73. The van der Waals surface area contributed by atoms with Crippen molar-refractivity contribution >= 4 is 243 Å². The molecule has 0 fully saturated rings. The van der Waals surface area contributed by atoms with E-state index in [-0.39, 0.29) is 10.8 Å². The highest BCUT2D eigenvalue weighted by Gasteiger charge is 2.23. The zero-order chi connectivity index (χ0) is 34.5. The Bertz CT molecular complexity index is 2570. The van der Waals surface area contributed by atoms with Gasteiger partial charge in [0.1, 0.15) is 11.5 Å². The van der Waals surface area contributed by atoms with Crippen LogP contribution in [0.4, 0.5) is 0 Å². The van der Waals surface area contributed by atoms with E-state index in [1.54, 1.807) is 124 Å². The number of imidazole rings is 1. The van der Waals surface area contributed by atoms with Crippen LogP contribution in [-0.4, -0.2) is 14.4 Å². The minimum atomic E-state index is -0.0321. The molecule has 0 bridgehead atoms. The van der Waals surface area contributed by atoms with Crippen LogP contribution in [-0.2, 0) is 237 Å². The minimum absolute atomic E-state index is 0.0321. The molecule has 3 rings (SSSR count). The number of fused-ring (bicyclic) bond motifs is 3. The van der Waals surface area contributed by atoms with Crippen molar-refractivity contribution in [2.45, 2.75) is 59.3 Å². The number of aryl methyl sites for hydroxylation is 1. The fraction of sp³-hybridized carbons (Fsp3) is 0.474. The molecule has 2 heterocycles. The first-order valence-corrected chi connectivity index (χ1v) is 43.9. The highest BCUT2D eigenvalue weighted by atomic mass is 33.5. The molecule has 0 spiro atoms. The van der Waals surface area contributed by atoms with Crippen molar-refractivity contribution in [3.05, 3.63) is 41.5 Å². The summed E-state index contributed by atoms with van der Waals surface area (Å²) in [6.45, 7) is 15.4. The van der Waals surface area contributed by atoms with Gasteiger partial charge in [-0.1, -0.05) is 47.6 Å². The van der Waals surface area contributed by atoms with Crippen molar-refractivity contribution in [3.63, 3.8) is 0 Å². The first-order chi connectivity index (χ1) is 22.5. The molecule has 266 valence electrons. The smallest absolute Gasteiger partial charge is 0.147 e. The predicted molar refractivity (Wildman–Crippen MR) is 277 cm³/mol. The lowest BCUT2D eigenvalue weighted by molar-refractivity contribution is 0.537. The minimum Gasteiger partial charge on any atom is -0.284 e. The molecule has 1 aromatic carbocycles. The summed E-state index contributed by atoms with van der Waals surface area (Å²) in [6, 6.07) is 6.58. The molecule has 0 saturated carbocycles. The third-order valence-electron chi connectivity index (χ3n) is 4.76. The lowest BCUT2D eigenvalue weighted by atomic mass is 9.86. The maximum absolute atomic E-state index is 5.00. The van der Waals surface area contributed by atoms with Crippen molar-refractivity contribution in [1.82, 2.24) is 14.4 Å². The SMILES string of the molecule is Cc1cnc2c3ccc(C(C)(C)C)cc3nc(C(C)(C)C)n12.S=S=S=S=S=S=S=S=S=S=S=S=S=S=S=S=S=S=S=S=S=S=S=S=S. The molecule has 0 amide bonds. The van der Waals surface area contributed by atoms with Crippen LogP contribution in [0.3, 0.4) is 0 Å². The molecule has 0 saturated heterocycles. The fourth-order valence-electron chi connectivity index (χ4n) is 3.08. The maximum atomic E-state index is 5.00. The van der Waals surface area contributed by atoms with Gasteiger partial charge >= 0.3 is 0 Å². The average Bonchev–Trinajstić information content (AvgIpc) is 3.42. The Morgan fingerprint density at radius 1 is 0.553 bits per heavy atom. The third-order valence-corrected chi connectivity index (χ3v) is 53.7. The van der Waals surface area contributed by atoms with E-state index in [1.807, 2.05) is 68.4 Å². The van der Waals surface area contributed by atoms with Gasteiger partial charge in [0.15, 0.2) is 0 Å². The fourth-order valence-corrected chi connectivity index (χ4v) is 60.7. The van der Waals surface area contributed by atoms with E-state index >= 15 is 0 Å². The van der Waals surface area contributed by atoms with Gasteiger partial charge in [0, 0.05) is 249 Å². The van der Waals surface area contributed by atoms with E-state index in [2.05, 4.69) is 76.0 Å². The standard InChI is InChI=1S/C19H25N3.S25/c1-12-11-20-16-14-9-8-13(18(2,3)4)10-15(14)21-17(22(12)16)19(5,6)7;1-3-5-7-9-11-13-15-17-19-21-23-25-24-22-20-18-16-14-12-10-8-6-4-2/h8-11H,1-7H3;. The van der Waals surface area contributed by atoms with Gasteiger partial charge in [0.2, 0.25) is 0 Å². The van der Waals surface area contributed by atoms with E-state index in [4.69, 9.17) is 27.4 Å². The van der Waals surface area contributed by atoms with E-state index < -0.39 is 0 Å². The summed E-state index contributed by atoms with van der Waals surface area (Å²) < 4.78 is 2.19. The topological polar surface area (TPSA) is 30.2 Å². The second-order valence-corrected chi connectivity index (χ2v) is 50.5. The van der Waals surface area contributed by atoms with Crippen LogP contribution in [0.15, 0.2) is 24.4 Å². The summed E-state index contributed by atoms with van der Waals surface area (Å²) in [7, 11) is 40.0. The summed E-state index contributed by atoms with van der Waals surface area (Å²) in [5.41, 5.74) is 4.57. The molecule has 0 aliphatic carbocycles. The lowest BCUT2D eigenvalue weighted by Gasteiger charge is -2.23. The Morgan fingerprint density at radius 2 is 0.936 bits per heavy atom. The summed E-state index contributed by atoms with van der Waals surface area (Å²) >= 11 is 9.55. The number of rotatable bonds is 0. The average molecular weight is 1100 g/mol. The molecule has 0 atom stereocenters. The first-order valence-electron chi connectivity index (χ1n) is 11.9. The summed E-state index contributed by atoms with van der Waals surface area (Å²) in [5, 5.41) is 1.12. The molecule has 47 heavy (non-hydrogen) atoms. The van der Waals surface area contributed by atoms with Gasteiger partial charge in [-0.15, -0.1) is 0 Å². The highest BCUT2D eigenvalue weighted by Crippen LogP contribution is 2.30. The van der Waals surface area contributed by atoms with Crippen LogP contribution in [0.5, 0.6) is 0 Å². The molecule has 0 aliphatic heterocycles. The Labute approximate surface area is 351 Å².